The number of esters is 1. The van der Waals surface area contributed by atoms with E-state index in [1.807, 2.05) is 13.8 Å². The zero-order valence-corrected chi connectivity index (χ0v) is 10.6. The summed E-state index contributed by atoms with van der Waals surface area (Å²) in [7, 11) is 0. The predicted octanol–water partition coefficient (Wildman–Crippen LogP) is 2.48. The molecule has 1 aliphatic rings. The van der Waals surface area contributed by atoms with E-state index in [2.05, 4.69) is 0 Å². The lowest BCUT2D eigenvalue weighted by atomic mass is 9.72. The number of hydrogen-bond acceptors (Lipinski definition) is 3. The summed E-state index contributed by atoms with van der Waals surface area (Å²) in [6.45, 7) is 5.24. The van der Waals surface area contributed by atoms with Gasteiger partial charge >= 0.3 is 5.97 Å². The van der Waals surface area contributed by atoms with Crippen LogP contribution < -0.4 is 5.73 Å². The molecule has 0 aliphatic heterocycles. The standard InChI is InChI=1S/C13H25NO2/c1-11(2)9-16-12(15)8-13(10-14)6-4-3-5-7-13/h11H,3-10,14H2,1-2H3. The van der Waals surface area contributed by atoms with Crippen LogP contribution in [0.15, 0.2) is 0 Å². The van der Waals surface area contributed by atoms with Gasteiger partial charge in [0.05, 0.1) is 13.0 Å². The molecule has 3 heteroatoms. The van der Waals surface area contributed by atoms with Crippen molar-refractivity contribution in [2.24, 2.45) is 17.1 Å². The summed E-state index contributed by atoms with van der Waals surface area (Å²) in [5.41, 5.74) is 5.87. The third kappa shape index (κ3) is 4.12. The Morgan fingerprint density at radius 1 is 1.31 bits per heavy atom. The molecule has 0 amide bonds. The summed E-state index contributed by atoms with van der Waals surface area (Å²) < 4.78 is 5.24. The Morgan fingerprint density at radius 3 is 2.44 bits per heavy atom. The van der Waals surface area contributed by atoms with E-state index in [9.17, 15) is 4.79 Å². The van der Waals surface area contributed by atoms with Gasteiger partial charge in [-0.2, -0.15) is 0 Å². The maximum absolute atomic E-state index is 11.7. The second-order valence-electron chi connectivity index (χ2n) is 5.52. The molecule has 0 aromatic carbocycles. The van der Waals surface area contributed by atoms with Crippen molar-refractivity contribution in [3.8, 4) is 0 Å². The van der Waals surface area contributed by atoms with Gasteiger partial charge in [-0.05, 0) is 30.7 Å². The van der Waals surface area contributed by atoms with E-state index in [0.717, 1.165) is 12.8 Å². The molecule has 0 heterocycles. The molecule has 0 unspecified atom stereocenters. The molecule has 0 aromatic heterocycles. The minimum absolute atomic E-state index is 0.0340. The molecule has 1 fully saturated rings. The third-order valence-corrected chi connectivity index (χ3v) is 3.44. The van der Waals surface area contributed by atoms with Gasteiger partial charge in [0.2, 0.25) is 0 Å². The number of rotatable bonds is 5. The average molecular weight is 227 g/mol. The SMILES string of the molecule is CC(C)COC(=O)CC1(CN)CCCCC1. The second-order valence-corrected chi connectivity index (χ2v) is 5.52. The van der Waals surface area contributed by atoms with E-state index >= 15 is 0 Å². The molecule has 1 aliphatic carbocycles. The Kier molecular flexibility index (Phi) is 5.26. The zero-order valence-electron chi connectivity index (χ0n) is 10.6. The van der Waals surface area contributed by atoms with Crippen molar-refractivity contribution in [2.75, 3.05) is 13.2 Å². The molecule has 0 atom stereocenters. The zero-order chi connectivity index (χ0) is 12.0. The largest absolute Gasteiger partial charge is 0.465 e. The lowest BCUT2D eigenvalue weighted by Crippen LogP contribution is -2.35. The van der Waals surface area contributed by atoms with Crippen LogP contribution in [0.2, 0.25) is 0 Å². The van der Waals surface area contributed by atoms with E-state index in [-0.39, 0.29) is 11.4 Å². The lowest BCUT2D eigenvalue weighted by molar-refractivity contribution is -0.148. The first kappa shape index (κ1) is 13.5. The second kappa shape index (κ2) is 6.24. The van der Waals surface area contributed by atoms with E-state index in [4.69, 9.17) is 10.5 Å². The van der Waals surface area contributed by atoms with Crippen molar-refractivity contribution in [1.29, 1.82) is 0 Å². The van der Waals surface area contributed by atoms with Gasteiger partial charge in [-0.25, -0.2) is 0 Å². The fourth-order valence-corrected chi connectivity index (χ4v) is 2.37. The molecular weight excluding hydrogens is 202 g/mol. The molecule has 0 saturated heterocycles. The minimum atomic E-state index is -0.0685. The van der Waals surface area contributed by atoms with Crippen molar-refractivity contribution in [2.45, 2.75) is 52.4 Å². The quantitative estimate of drug-likeness (QED) is 0.734. The van der Waals surface area contributed by atoms with Crippen LogP contribution in [0.3, 0.4) is 0 Å². The summed E-state index contributed by atoms with van der Waals surface area (Å²) in [4.78, 5) is 11.7. The first-order valence-electron chi connectivity index (χ1n) is 6.44. The average Bonchev–Trinajstić information content (AvgIpc) is 2.28. The minimum Gasteiger partial charge on any atom is -0.465 e. The number of carbonyl (C=O) groups is 1. The molecule has 0 aromatic rings. The fraction of sp³-hybridized carbons (Fsp3) is 0.923. The van der Waals surface area contributed by atoms with E-state index in [1.54, 1.807) is 0 Å². The number of hydrogen-bond donors (Lipinski definition) is 1. The van der Waals surface area contributed by atoms with Gasteiger partial charge < -0.3 is 10.5 Å². The number of carbonyl (C=O) groups excluding carboxylic acids is 1. The first-order chi connectivity index (χ1) is 7.58. The number of ether oxygens (including phenoxy) is 1. The highest BCUT2D eigenvalue weighted by molar-refractivity contribution is 5.70. The molecule has 94 valence electrons. The Hall–Kier alpha value is -0.570. The van der Waals surface area contributed by atoms with Crippen molar-refractivity contribution < 1.29 is 9.53 Å². The normalized spacial score (nSPS) is 19.8. The Morgan fingerprint density at radius 2 is 1.94 bits per heavy atom. The van der Waals surface area contributed by atoms with Crippen LogP contribution in [-0.2, 0) is 9.53 Å². The fourth-order valence-electron chi connectivity index (χ4n) is 2.37. The van der Waals surface area contributed by atoms with Gasteiger partial charge in [0.25, 0.3) is 0 Å². The summed E-state index contributed by atoms with van der Waals surface area (Å²) in [5.74, 6) is 0.338. The summed E-state index contributed by atoms with van der Waals surface area (Å²) in [6.07, 6.45) is 6.36. The van der Waals surface area contributed by atoms with Crippen molar-refractivity contribution in [3.63, 3.8) is 0 Å². The third-order valence-electron chi connectivity index (χ3n) is 3.44. The summed E-state index contributed by atoms with van der Waals surface area (Å²) in [6, 6.07) is 0. The van der Waals surface area contributed by atoms with Gasteiger partial charge in [-0.15, -0.1) is 0 Å². The first-order valence-corrected chi connectivity index (χ1v) is 6.44. The molecule has 0 radical (unpaired) electrons. The molecule has 0 spiro atoms. The van der Waals surface area contributed by atoms with Gasteiger partial charge in [0, 0.05) is 0 Å². The molecule has 1 rings (SSSR count). The van der Waals surface area contributed by atoms with Gasteiger partial charge in [-0.1, -0.05) is 33.1 Å². The van der Waals surface area contributed by atoms with Crippen LogP contribution in [0.25, 0.3) is 0 Å². The van der Waals surface area contributed by atoms with Gasteiger partial charge in [-0.3, -0.25) is 4.79 Å². The van der Waals surface area contributed by atoms with Crippen LogP contribution >= 0.6 is 0 Å². The van der Waals surface area contributed by atoms with Crippen molar-refractivity contribution in [1.82, 2.24) is 0 Å². The topological polar surface area (TPSA) is 52.3 Å². The molecule has 1 saturated carbocycles. The van der Waals surface area contributed by atoms with Crippen LogP contribution in [0.1, 0.15) is 52.4 Å². The molecule has 16 heavy (non-hydrogen) atoms. The molecule has 2 N–H and O–H groups in total. The summed E-state index contributed by atoms with van der Waals surface area (Å²) >= 11 is 0. The van der Waals surface area contributed by atoms with Gasteiger partial charge in [0.1, 0.15) is 0 Å². The van der Waals surface area contributed by atoms with Crippen LogP contribution in [0.5, 0.6) is 0 Å². The predicted molar refractivity (Wildman–Crippen MR) is 65.0 cm³/mol. The van der Waals surface area contributed by atoms with Crippen LogP contribution in [0, 0.1) is 11.3 Å². The van der Waals surface area contributed by atoms with Crippen LogP contribution in [-0.4, -0.2) is 19.1 Å². The number of nitrogens with two attached hydrogens (primary N) is 1. The summed E-state index contributed by atoms with van der Waals surface area (Å²) in [5, 5.41) is 0. The van der Waals surface area contributed by atoms with Crippen molar-refractivity contribution in [3.05, 3.63) is 0 Å². The smallest absolute Gasteiger partial charge is 0.306 e. The Balaban J connectivity index is 2.39. The van der Waals surface area contributed by atoms with Crippen LogP contribution in [0.4, 0.5) is 0 Å². The lowest BCUT2D eigenvalue weighted by Gasteiger charge is -2.35. The maximum Gasteiger partial charge on any atom is 0.306 e. The highest BCUT2D eigenvalue weighted by Gasteiger charge is 2.33. The van der Waals surface area contributed by atoms with E-state index < -0.39 is 0 Å². The van der Waals surface area contributed by atoms with Crippen molar-refractivity contribution >= 4 is 5.97 Å². The monoisotopic (exact) mass is 227 g/mol. The highest BCUT2D eigenvalue weighted by Crippen LogP contribution is 2.38. The van der Waals surface area contributed by atoms with E-state index in [1.165, 1.54) is 19.3 Å². The van der Waals surface area contributed by atoms with Gasteiger partial charge in [0.15, 0.2) is 0 Å². The Labute approximate surface area is 98.7 Å². The molecular formula is C13H25NO2. The van der Waals surface area contributed by atoms with E-state index in [0.29, 0.717) is 25.5 Å². The highest BCUT2D eigenvalue weighted by atomic mass is 16.5. The Bertz CT molecular complexity index is 220. The molecule has 3 nitrogen and oxygen atoms in total. The maximum atomic E-state index is 11.7. The molecule has 0 bridgehead atoms.